The summed E-state index contributed by atoms with van der Waals surface area (Å²) in [5.74, 6) is 0.854. The molecule has 0 aromatic rings. The second kappa shape index (κ2) is 2.98. The highest BCUT2D eigenvalue weighted by Crippen LogP contribution is 2.55. The third-order valence-electron chi connectivity index (χ3n) is 3.77. The zero-order valence-corrected chi connectivity index (χ0v) is 8.62. The number of hydrogen-bond acceptors (Lipinski definition) is 3. The van der Waals surface area contributed by atoms with Crippen LogP contribution in [0, 0.1) is 29.1 Å². The van der Waals surface area contributed by atoms with Crippen LogP contribution < -0.4 is 0 Å². The Morgan fingerprint density at radius 3 is 2.71 bits per heavy atom. The Morgan fingerprint density at radius 2 is 2.29 bits per heavy atom. The number of fused-ring (bicyclic) bond motifs is 2. The molecule has 2 aliphatic carbocycles. The number of nitrogens with zero attached hydrogens (tertiary/aromatic N) is 1. The first-order chi connectivity index (χ1) is 6.55. The zero-order chi connectivity index (χ0) is 10.3. The van der Waals surface area contributed by atoms with E-state index in [-0.39, 0.29) is 17.5 Å². The normalized spacial score (nSPS) is 44.8. The van der Waals surface area contributed by atoms with Gasteiger partial charge in [0.25, 0.3) is 0 Å². The van der Waals surface area contributed by atoms with Crippen LogP contribution in [0.5, 0.6) is 0 Å². The molecular weight excluding hydrogens is 178 g/mol. The molecule has 2 rings (SSSR count). The fraction of sp³-hybridized carbons (Fsp3) is 0.818. The number of carbonyl (C=O) groups is 1. The molecule has 0 saturated heterocycles. The van der Waals surface area contributed by atoms with Crippen molar-refractivity contribution in [3.8, 4) is 6.07 Å². The van der Waals surface area contributed by atoms with Crippen molar-refractivity contribution in [3.63, 3.8) is 0 Å². The topological polar surface area (TPSA) is 50.1 Å². The van der Waals surface area contributed by atoms with E-state index in [0.29, 0.717) is 11.8 Å². The maximum absolute atomic E-state index is 10.9. The minimum Gasteiger partial charge on any atom is -0.459 e. The Kier molecular flexibility index (Phi) is 2.02. The second-order valence-corrected chi connectivity index (χ2v) is 4.77. The third kappa shape index (κ3) is 1.30. The van der Waals surface area contributed by atoms with Crippen LogP contribution in [0.4, 0.5) is 0 Å². The van der Waals surface area contributed by atoms with Crippen molar-refractivity contribution in [2.75, 3.05) is 0 Å². The lowest BCUT2D eigenvalue weighted by molar-refractivity contribution is -0.161. The zero-order valence-electron chi connectivity index (χ0n) is 8.62. The molecule has 0 aromatic carbocycles. The van der Waals surface area contributed by atoms with Gasteiger partial charge in [-0.15, -0.1) is 0 Å². The van der Waals surface area contributed by atoms with E-state index in [1.54, 1.807) is 0 Å². The van der Waals surface area contributed by atoms with Gasteiger partial charge < -0.3 is 4.74 Å². The number of hydrogen-bond donors (Lipinski definition) is 0. The molecule has 0 heterocycles. The van der Waals surface area contributed by atoms with Crippen LogP contribution in [0.25, 0.3) is 0 Å². The van der Waals surface area contributed by atoms with Gasteiger partial charge in [0.15, 0.2) is 0 Å². The number of rotatable bonds is 1. The molecule has 0 spiro atoms. The molecule has 2 fully saturated rings. The number of esters is 1. The lowest BCUT2D eigenvalue weighted by Crippen LogP contribution is -2.38. The molecular formula is C11H15NO2. The van der Waals surface area contributed by atoms with Gasteiger partial charge in [0.2, 0.25) is 0 Å². The highest BCUT2D eigenvalue weighted by molar-refractivity contribution is 5.66. The monoisotopic (exact) mass is 193 g/mol. The van der Waals surface area contributed by atoms with Crippen molar-refractivity contribution in [2.24, 2.45) is 17.8 Å². The van der Waals surface area contributed by atoms with E-state index in [1.165, 1.54) is 6.92 Å². The summed E-state index contributed by atoms with van der Waals surface area (Å²) < 4.78 is 5.38. The van der Waals surface area contributed by atoms with E-state index in [0.717, 1.165) is 19.3 Å². The van der Waals surface area contributed by atoms with E-state index in [2.05, 4.69) is 6.07 Å². The van der Waals surface area contributed by atoms with Gasteiger partial charge in [-0.3, -0.25) is 4.79 Å². The van der Waals surface area contributed by atoms with Crippen LogP contribution >= 0.6 is 0 Å². The molecule has 2 bridgehead atoms. The van der Waals surface area contributed by atoms with Crippen LogP contribution in [0.3, 0.4) is 0 Å². The van der Waals surface area contributed by atoms with Crippen LogP contribution in [-0.2, 0) is 9.53 Å². The van der Waals surface area contributed by atoms with Crippen LogP contribution in [0.1, 0.15) is 33.1 Å². The van der Waals surface area contributed by atoms with Crippen LogP contribution in [0.2, 0.25) is 0 Å². The Hall–Kier alpha value is -1.04. The van der Waals surface area contributed by atoms with Gasteiger partial charge in [-0.05, 0) is 32.1 Å². The largest absolute Gasteiger partial charge is 0.459 e. The molecule has 0 N–H and O–H groups in total. The molecule has 0 aliphatic heterocycles. The van der Waals surface area contributed by atoms with Crippen molar-refractivity contribution >= 4 is 5.97 Å². The van der Waals surface area contributed by atoms with Gasteiger partial charge in [-0.2, -0.15) is 5.26 Å². The average Bonchev–Trinajstić information content (AvgIpc) is 2.57. The highest BCUT2D eigenvalue weighted by Gasteiger charge is 2.54. The van der Waals surface area contributed by atoms with Crippen molar-refractivity contribution in [1.29, 1.82) is 5.26 Å². The quantitative estimate of drug-likeness (QED) is 0.597. The Labute approximate surface area is 84.0 Å². The molecule has 2 aliphatic rings. The van der Waals surface area contributed by atoms with E-state index in [1.807, 2.05) is 6.92 Å². The average molecular weight is 193 g/mol. The summed E-state index contributed by atoms with van der Waals surface area (Å²) >= 11 is 0. The van der Waals surface area contributed by atoms with Gasteiger partial charge in [0.05, 0.1) is 6.07 Å². The lowest BCUT2D eigenvalue weighted by atomic mass is 9.80. The molecule has 4 atom stereocenters. The van der Waals surface area contributed by atoms with Gasteiger partial charge in [-0.1, -0.05) is 0 Å². The van der Waals surface area contributed by atoms with Crippen LogP contribution in [-0.4, -0.2) is 11.6 Å². The molecule has 4 unspecified atom stereocenters. The van der Waals surface area contributed by atoms with E-state index >= 15 is 0 Å². The first-order valence-corrected chi connectivity index (χ1v) is 5.14. The van der Waals surface area contributed by atoms with Crippen molar-refractivity contribution in [2.45, 2.75) is 38.7 Å². The molecule has 0 aromatic heterocycles. The summed E-state index contributed by atoms with van der Waals surface area (Å²) in [6.07, 6.45) is 2.84. The molecule has 14 heavy (non-hydrogen) atoms. The van der Waals surface area contributed by atoms with Crippen LogP contribution in [0.15, 0.2) is 0 Å². The molecule has 0 amide bonds. The standard InChI is InChI=1S/C11H15NO2/c1-7(13)14-11(2)5-8-3-10(11)4-9(8)6-12/h8-10H,3-5H2,1-2H3. The van der Waals surface area contributed by atoms with Gasteiger partial charge in [0, 0.05) is 18.8 Å². The van der Waals surface area contributed by atoms with E-state index in [9.17, 15) is 4.79 Å². The molecule has 0 radical (unpaired) electrons. The Bertz CT molecular complexity index is 307. The minimum atomic E-state index is -0.288. The van der Waals surface area contributed by atoms with Gasteiger partial charge in [0.1, 0.15) is 5.60 Å². The first-order valence-electron chi connectivity index (χ1n) is 5.14. The fourth-order valence-corrected chi connectivity index (χ4v) is 3.15. The van der Waals surface area contributed by atoms with Crippen molar-refractivity contribution in [1.82, 2.24) is 0 Å². The van der Waals surface area contributed by atoms with E-state index < -0.39 is 0 Å². The number of carbonyl (C=O) groups excluding carboxylic acids is 1. The third-order valence-corrected chi connectivity index (χ3v) is 3.77. The number of ether oxygens (including phenoxy) is 1. The summed E-state index contributed by atoms with van der Waals surface area (Å²) in [4.78, 5) is 10.9. The van der Waals surface area contributed by atoms with E-state index in [4.69, 9.17) is 10.00 Å². The Morgan fingerprint density at radius 1 is 1.57 bits per heavy atom. The minimum absolute atomic E-state index is 0.198. The number of nitriles is 1. The maximum Gasteiger partial charge on any atom is 0.303 e. The summed E-state index contributed by atoms with van der Waals surface area (Å²) in [7, 11) is 0. The second-order valence-electron chi connectivity index (χ2n) is 4.77. The predicted molar refractivity (Wildman–Crippen MR) is 50.1 cm³/mol. The highest BCUT2D eigenvalue weighted by atomic mass is 16.6. The fourth-order valence-electron chi connectivity index (χ4n) is 3.15. The lowest BCUT2D eigenvalue weighted by Gasteiger charge is -2.34. The first kappa shape index (κ1) is 9.51. The summed E-state index contributed by atoms with van der Waals surface area (Å²) in [6, 6.07) is 2.35. The SMILES string of the molecule is CC(=O)OC1(C)CC2CC1CC2C#N. The molecule has 3 nitrogen and oxygen atoms in total. The van der Waals surface area contributed by atoms with Crippen molar-refractivity contribution < 1.29 is 9.53 Å². The molecule has 76 valence electrons. The summed E-state index contributed by atoms with van der Waals surface area (Å²) in [6.45, 7) is 3.46. The Balaban J connectivity index is 2.09. The smallest absolute Gasteiger partial charge is 0.303 e. The summed E-state index contributed by atoms with van der Waals surface area (Å²) in [5, 5.41) is 8.88. The van der Waals surface area contributed by atoms with Gasteiger partial charge in [-0.25, -0.2) is 0 Å². The maximum atomic E-state index is 10.9. The van der Waals surface area contributed by atoms with Gasteiger partial charge >= 0.3 is 5.97 Å². The predicted octanol–water partition coefficient (Wildman–Crippen LogP) is 1.88. The molecule has 2 saturated carbocycles. The molecule has 3 heteroatoms. The summed E-state index contributed by atoms with van der Waals surface area (Å²) in [5.41, 5.74) is -0.288. The van der Waals surface area contributed by atoms with Crippen molar-refractivity contribution in [3.05, 3.63) is 0 Å².